The third kappa shape index (κ3) is 6.19. The molecule has 0 aliphatic rings. The highest BCUT2D eigenvalue weighted by Gasteiger charge is 2.31. The zero-order valence-electron chi connectivity index (χ0n) is 13.9. The van der Waals surface area contributed by atoms with E-state index in [-0.39, 0.29) is 23.5 Å². The fourth-order valence-corrected chi connectivity index (χ4v) is 2.66. The summed E-state index contributed by atoms with van der Waals surface area (Å²) >= 11 is 1.09. The Labute approximate surface area is 151 Å². The van der Waals surface area contributed by atoms with Crippen LogP contribution in [0.4, 0.5) is 13.2 Å². The molecule has 1 N–H and O–H groups in total. The van der Waals surface area contributed by atoms with E-state index in [0.717, 1.165) is 23.9 Å². The van der Waals surface area contributed by atoms with Crippen LogP contribution in [-0.2, 0) is 9.53 Å². The van der Waals surface area contributed by atoms with Crippen LogP contribution in [-0.4, -0.2) is 58.0 Å². The van der Waals surface area contributed by atoms with Gasteiger partial charge < -0.3 is 14.8 Å². The molecular weight excluding hydrogens is 375 g/mol. The summed E-state index contributed by atoms with van der Waals surface area (Å²) in [6, 6.07) is 4.92. The number of ether oxygens (including phenoxy) is 2. The van der Waals surface area contributed by atoms with Crippen LogP contribution in [0.1, 0.15) is 6.92 Å². The SMILES string of the molecule is COC[C@@H](C)NC(=O)CSc1nnnn1-c1ccc(OC(F)(F)F)cc1. The Hall–Kier alpha value is -2.34. The second-order valence-electron chi connectivity index (χ2n) is 5.13. The molecule has 142 valence electrons. The van der Waals surface area contributed by atoms with Gasteiger partial charge in [0.15, 0.2) is 0 Å². The van der Waals surface area contributed by atoms with Crippen molar-refractivity contribution in [2.24, 2.45) is 0 Å². The van der Waals surface area contributed by atoms with Crippen molar-refractivity contribution in [3.8, 4) is 11.4 Å². The summed E-state index contributed by atoms with van der Waals surface area (Å²) in [4.78, 5) is 11.9. The largest absolute Gasteiger partial charge is 0.573 e. The van der Waals surface area contributed by atoms with Crippen LogP contribution < -0.4 is 10.1 Å². The smallest absolute Gasteiger partial charge is 0.406 e. The average molecular weight is 391 g/mol. The summed E-state index contributed by atoms with van der Waals surface area (Å²) < 4.78 is 46.6. The van der Waals surface area contributed by atoms with Crippen molar-refractivity contribution < 1.29 is 27.4 Å². The van der Waals surface area contributed by atoms with Crippen molar-refractivity contribution in [1.82, 2.24) is 25.5 Å². The van der Waals surface area contributed by atoms with Gasteiger partial charge in [-0.3, -0.25) is 4.79 Å². The number of hydrogen-bond donors (Lipinski definition) is 1. The fraction of sp³-hybridized carbons (Fsp3) is 0.429. The van der Waals surface area contributed by atoms with Crippen LogP contribution in [0, 0.1) is 0 Å². The number of methoxy groups -OCH3 is 1. The molecule has 12 heteroatoms. The number of aromatic nitrogens is 4. The Bertz CT molecular complexity index is 723. The van der Waals surface area contributed by atoms with Crippen LogP contribution in [0.3, 0.4) is 0 Å². The van der Waals surface area contributed by atoms with E-state index in [1.165, 1.54) is 23.9 Å². The van der Waals surface area contributed by atoms with Crippen LogP contribution in [0.15, 0.2) is 29.4 Å². The molecule has 0 saturated carbocycles. The lowest BCUT2D eigenvalue weighted by molar-refractivity contribution is -0.274. The number of amides is 1. The molecule has 0 unspecified atom stereocenters. The van der Waals surface area contributed by atoms with Gasteiger partial charge in [-0.2, -0.15) is 4.68 Å². The molecule has 1 aromatic heterocycles. The summed E-state index contributed by atoms with van der Waals surface area (Å²) in [5.74, 6) is -0.498. The van der Waals surface area contributed by atoms with E-state index < -0.39 is 6.36 Å². The standard InChI is InChI=1S/C14H16F3N5O3S/c1-9(7-24-2)18-12(23)8-26-13-19-20-21-22(13)10-3-5-11(6-4-10)25-14(15,16)17/h3-6,9H,7-8H2,1-2H3,(H,18,23)/t9-/m1/s1. The quantitative estimate of drug-likeness (QED) is 0.686. The molecule has 1 heterocycles. The number of thioether (sulfide) groups is 1. The van der Waals surface area contributed by atoms with E-state index in [0.29, 0.717) is 17.5 Å². The number of alkyl halides is 3. The molecule has 1 amide bonds. The van der Waals surface area contributed by atoms with E-state index in [9.17, 15) is 18.0 Å². The molecule has 0 aliphatic heterocycles. The Balaban J connectivity index is 1.98. The van der Waals surface area contributed by atoms with Crippen molar-refractivity contribution >= 4 is 17.7 Å². The number of carbonyl (C=O) groups is 1. The highest BCUT2D eigenvalue weighted by Crippen LogP contribution is 2.24. The third-order valence-corrected chi connectivity index (χ3v) is 3.83. The molecule has 1 atom stereocenters. The van der Waals surface area contributed by atoms with E-state index >= 15 is 0 Å². The minimum atomic E-state index is -4.76. The van der Waals surface area contributed by atoms with E-state index in [4.69, 9.17) is 4.74 Å². The molecule has 0 bridgehead atoms. The molecule has 1 aromatic carbocycles. The highest BCUT2D eigenvalue weighted by molar-refractivity contribution is 7.99. The summed E-state index contributed by atoms with van der Waals surface area (Å²) in [7, 11) is 1.54. The topological polar surface area (TPSA) is 91.2 Å². The number of tetrazole rings is 1. The maximum absolute atomic E-state index is 12.2. The molecule has 0 radical (unpaired) electrons. The van der Waals surface area contributed by atoms with Crippen molar-refractivity contribution in [2.75, 3.05) is 19.5 Å². The van der Waals surface area contributed by atoms with Gasteiger partial charge in [-0.05, 0) is 41.6 Å². The van der Waals surface area contributed by atoms with Crippen LogP contribution in [0.2, 0.25) is 0 Å². The Morgan fingerprint density at radius 3 is 2.65 bits per heavy atom. The number of nitrogens with one attached hydrogen (secondary N) is 1. The highest BCUT2D eigenvalue weighted by atomic mass is 32.2. The van der Waals surface area contributed by atoms with Crippen LogP contribution >= 0.6 is 11.8 Å². The second kappa shape index (κ2) is 8.85. The predicted octanol–water partition coefficient (Wildman–Crippen LogP) is 1.80. The van der Waals surface area contributed by atoms with Crippen LogP contribution in [0.25, 0.3) is 5.69 Å². The van der Waals surface area contributed by atoms with Gasteiger partial charge in [0.05, 0.1) is 18.0 Å². The summed E-state index contributed by atoms with van der Waals surface area (Å²) in [6.45, 7) is 2.20. The van der Waals surface area contributed by atoms with Gasteiger partial charge in [0, 0.05) is 13.2 Å². The fourth-order valence-electron chi connectivity index (χ4n) is 1.96. The zero-order chi connectivity index (χ0) is 19.2. The van der Waals surface area contributed by atoms with Crippen LogP contribution in [0.5, 0.6) is 5.75 Å². The van der Waals surface area contributed by atoms with Gasteiger partial charge in [-0.15, -0.1) is 18.3 Å². The van der Waals surface area contributed by atoms with E-state index in [2.05, 4.69) is 25.6 Å². The molecule has 0 spiro atoms. The number of rotatable bonds is 8. The first-order chi connectivity index (χ1) is 12.3. The maximum atomic E-state index is 12.2. The first-order valence-electron chi connectivity index (χ1n) is 7.34. The van der Waals surface area contributed by atoms with E-state index in [1.54, 1.807) is 6.92 Å². The van der Waals surface area contributed by atoms with Gasteiger partial charge in [-0.1, -0.05) is 11.8 Å². The summed E-state index contributed by atoms with van der Waals surface area (Å²) in [6.07, 6.45) is -4.76. The third-order valence-electron chi connectivity index (χ3n) is 2.91. The molecule has 0 fully saturated rings. The molecule has 2 rings (SSSR count). The second-order valence-corrected chi connectivity index (χ2v) is 6.07. The minimum absolute atomic E-state index is 0.0731. The Morgan fingerprint density at radius 2 is 2.04 bits per heavy atom. The molecule has 0 aliphatic carbocycles. The number of hydrogen-bond acceptors (Lipinski definition) is 7. The van der Waals surface area contributed by atoms with Crippen molar-refractivity contribution in [3.63, 3.8) is 0 Å². The number of benzene rings is 1. The summed E-state index contributed by atoms with van der Waals surface area (Å²) in [5.41, 5.74) is 0.431. The predicted molar refractivity (Wildman–Crippen MR) is 86.0 cm³/mol. The van der Waals surface area contributed by atoms with Gasteiger partial charge in [0.25, 0.3) is 0 Å². The molecule has 0 saturated heterocycles. The number of halogens is 3. The summed E-state index contributed by atoms with van der Waals surface area (Å²) in [5, 5.41) is 14.2. The lowest BCUT2D eigenvalue weighted by atomic mass is 10.3. The zero-order valence-corrected chi connectivity index (χ0v) is 14.7. The molecule has 8 nitrogen and oxygen atoms in total. The van der Waals surface area contributed by atoms with Gasteiger partial charge in [0.1, 0.15) is 5.75 Å². The van der Waals surface area contributed by atoms with E-state index in [1.807, 2.05) is 0 Å². The Kier molecular flexibility index (Phi) is 6.80. The maximum Gasteiger partial charge on any atom is 0.573 e. The van der Waals surface area contributed by atoms with Crippen molar-refractivity contribution in [1.29, 1.82) is 0 Å². The Morgan fingerprint density at radius 1 is 1.35 bits per heavy atom. The van der Waals surface area contributed by atoms with Crippen molar-refractivity contribution in [2.45, 2.75) is 24.5 Å². The normalized spacial score (nSPS) is 12.7. The van der Waals surface area contributed by atoms with Gasteiger partial charge >= 0.3 is 6.36 Å². The molecular formula is C14H16F3N5O3S. The lowest BCUT2D eigenvalue weighted by Gasteiger charge is -2.12. The van der Waals surface area contributed by atoms with Gasteiger partial charge in [-0.25, -0.2) is 0 Å². The van der Waals surface area contributed by atoms with Gasteiger partial charge in [0.2, 0.25) is 11.1 Å². The number of carbonyl (C=O) groups excluding carboxylic acids is 1. The number of nitrogens with zero attached hydrogens (tertiary/aromatic N) is 4. The minimum Gasteiger partial charge on any atom is -0.406 e. The first kappa shape index (κ1) is 20.0. The molecule has 26 heavy (non-hydrogen) atoms. The lowest BCUT2D eigenvalue weighted by Crippen LogP contribution is -2.36. The first-order valence-corrected chi connectivity index (χ1v) is 8.32. The average Bonchev–Trinajstić information content (AvgIpc) is 3.01. The molecule has 2 aromatic rings. The monoisotopic (exact) mass is 391 g/mol. The van der Waals surface area contributed by atoms with Crippen molar-refractivity contribution in [3.05, 3.63) is 24.3 Å².